The van der Waals surface area contributed by atoms with Crippen LogP contribution in [0.5, 0.6) is 0 Å². The second kappa shape index (κ2) is 10.2. The minimum absolute atomic E-state index is 0.0211. The van der Waals surface area contributed by atoms with E-state index < -0.39 is 10.2 Å². The van der Waals surface area contributed by atoms with Crippen LogP contribution in [0.2, 0.25) is 5.02 Å². The Labute approximate surface area is 182 Å². The van der Waals surface area contributed by atoms with Crippen LogP contribution in [0.1, 0.15) is 50.5 Å². The largest absolute Gasteiger partial charge is 0.303 e. The summed E-state index contributed by atoms with van der Waals surface area (Å²) >= 11 is 9.79. The van der Waals surface area contributed by atoms with Crippen molar-refractivity contribution in [2.45, 2.75) is 57.4 Å². The van der Waals surface area contributed by atoms with Gasteiger partial charge >= 0.3 is 0 Å². The van der Waals surface area contributed by atoms with Gasteiger partial charge in [-0.2, -0.15) is 13.1 Å². The van der Waals surface area contributed by atoms with Gasteiger partial charge in [0.25, 0.3) is 10.2 Å². The minimum Gasteiger partial charge on any atom is -0.303 e. The van der Waals surface area contributed by atoms with Crippen LogP contribution >= 0.6 is 27.5 Å². The molecule has 1 heterocycles. The van der Waals surface area contributed by atoms with Crippen LogP contribution in [-0.2, 0) is 16.6 Å². The summed E-state index contributed by atoms with van der Waals surface area (Å²) in [7, 11) is -3.57. The molecule has 1 saturated heterocycles. The molecule has 0 aromatic heterocycles. The highest BCUT2D eigenvalue weighted by atomic mass is 79.9. The molecule has 5 nitrogen and oxygen atoms in total. The Kier molecular flexibility index (Phi) is 8.22. The first-order chi connectivity index (χ1) is 13.3. The number of hydrogen-bond acceptors (Lipinski definition) is 3. The van der Waals surface area contributed by atoms with Crippen molar-refractivity contribution in [3.8, 4) is 0 Å². The number of rotatable bonds is 7. The van der Waals surface area contributed by atoms with Gasteiger partial charge in [-0.15, -0.1) is 0 Å². The van der Waals surface area contributed by atoms with E-state index in [1.54, 1.807) is 0 Å². The quantitative estimate of drug-likeness (QED) is 0.602. The molecule has 1 aromatic carbocycles. The molecular weight excluding hydrogens is 462 g/mol. The lowest BCUT2D eigenvalue weighted by Crippen LogP contribution is -2.41. The van der Waals surface area contributed by atoms with Gasteiger partial charge in [0, 0.05) is 15.5 Å². The Morgan fingerprint density at radius 1 is 1.11 bits per heavy atom. The lowest BCUT2D eigenvalue weighted by Gasteiger charge is -2.34. The maximum Gasteiger partial charge on any atom is 0.274 e. The minimum atomic E-state index is -3.57. The molecule has 3 rings (SSSR count). The Bertz CT molecular complexity index is 746. The van der Waals surface area contributed by atoms with Crippen LogP contribution in [0.25, 0.3) is 0 Å². The Balaban J connectivity index is 1.34. The van der Waals surface area contributed by atoms with Crippen molar-refractivity contribution in [1.29, 1.82) is 0 Å². The van der Waals surface area contributed by atoms with Gasteiger partial charge in [0.05, 0.1) is 0 Å². The summed E-state index contributed by atoms with van der Waals surface area (Å²) in [5, 5.41) is 5.89. The predicted molar refractivity (Wildman–Crippen MR) is 119 cm³/mol. The summed E-state index contributed by atoms with van der Waals surface area (Å²) in [4.78, 5) is 2.60. The zero-order chi connectivity index (χ0) is 20.1. The third-order valence-corrected chi connectivity index (χ3v) is 7.93. The molecule has 3 N–H and O–H groups in total. The van der Waals surface area contributed by atoms with E-state index in [-0.39, 0.29) is 6.04 Å². The van der Waals surface area contributed by atoms with Crippen LogP contribution in [0.3, 0.4) is 0 Å². The Morgan fingerprint density at radius 2 is 1.79 bits per heavy atom. The van der Waals surface area contributed by atoms with E-state index in [1.165, 1.54) is 37.9 Å². The molecule has 0 unspecified atom stereocenters. The molecule has 2 fully saturated rings. The van der Waals surface area contributed by atoms with E-state index in [0.29, 0.717) is 5.92 Å². The van der Waals surface area contributed by atoms with Gasteiger partial charge in [0.1, 0.15) is 0 Å². The van der Waals surface area contributed by atoms with Gasteiger partial charge in [-0.05, 0) is 107 Å². The topological polar surface area (TPSA) is 75.4 Å². The zero-order valence-corrected chi connectivity index (χ0v) is 19.4. The van der Waals surface area contributed by atoms with Crippen LogP contribution in [-0.4, -0.2) is 39.0 Å². The molecule has 28 heavy (non-hydrogen) atoms. The van der Waals surface area contributed by atoms with Crippen molar-refractivity contribution in [2.24, 2.45) is 17.0 Å². The second-order valence-electron chi connectivity index (χ2n) is 8.39. The first kappa shape index (κ1) is 22.5. The molecule has 0 spiro atoms. The summed E-state index contributed by atoms with van der Waals surface area (Å²) in [6.45, 7) is 3.50. The fraction of sp³-hybridized carbons (Fsp3) is 0.700. The molecule has 0 atom stereocenters. The van der Waals surface area contributed by atoms with Gasteiger partial charge in [-0.3, -0.25) is 0 Å². The third kappa shape index (κ3) is 7.26. The normalized spacial score (nSPS) is 25.1. The van der Waals surface area contributed by atoms with Gasteiger partial charge in [-0.1, -0.05) is 27.5 Å². The monoisotopic (exact) mass is 491 g/mol. The number of nitrogens with two attached hydrogens (primary N) is 1. The highest BCUT2D eigenvalue weighted by Crippen LogP contribution is 2.30. The van der Waals surface area contributed by atoms with E-state index in [2.05, 4.69) is 31.6 Å². The number of nitrogens with one attached hydrogen (secondary N) is 1. The van der Waals surface area contributed by atoms with E-state index in [0.717, 1.165) is 54.1 Å². The smallest absolute Gasteiger partial charge is 0.274 e. The number of benzene rings is 1. The molecule has 158 valence electrons. The van der Waals surface area contributed by atoms with Crippen LogP contribution in [0, 0.1) is 11.8 Å². The van der Waals surface area contributed by atoms with Crippen LogP contribution in [0.4, 0.5) is 0 Å². The van der Waals surface area contributed by atoms with E-state index in [4.69, 9.17) is 16.7 Å². The molecule has 0 radical (unpaired) electrons. The maximum absolute atomic E-state index is 11.1. The fourth-order valence-electron chi connectivity index (χ4n) is 4.59. The lowest BCUT2D eigenvalue weighted by atomic mass is 9.84. The summed E-state index contributed by atoms with van der Waals surface area (Å²) in [5.74, 6) is 1.43. The van der Waals surface area contributed by atoms with Gasteiger partial charge in [0.2, 0.25) is 0 Å². The van der Waals surface area contributed by atoms with Crippen molar-refractivity contribution < 1.29 is 8.42 Å². The standard InChI is InChI=1S/C20H31BrClN3O2S/c21-20-6-3-18(22)14-17(20)13-16-8-11-25(12-9-16)10-7-15-1-4-19(5-2-15)24-28(23,26)27/h3,6,14-16,19,24H,1-2,4-5,7-13H2,(H2,23,26,27). The van der Waals surface area contributed by atoms with Crippen LogP contribution < -0.4 is 9.86 Å². The average molecular weight is 493 g/mol. The number of hydrogen-bond donors (Lipinski definition) is 2. The molecule has 2 aliphatic rings. The molecule has 1 aromatic rings. The number of likely N-dealkylation sites (tertiary alicyclic amines) is 1. The summed E-state index contributed by atoms with van der Waals surface area (Å²) in [5.41, 5.74) is 1.32. The summed E-state index contributed by atoms with van der Waals surface area (Å²) in [6, 6.07) is 6.07. The van der Waals surface area contributed by atoms with Gasteiger partial charge in [-0.25, -0.2) is 5.14 Å². The SMILES string of the molecule is NS(=O)(=O)NC1CCC(CCN2CCC(Cc3cc(Cl)ccc3Br)CC2)CC1. The molecule has 1 saturated carbocycles. The van der Waals surface area contributed by atoms with Crippen molar-refractivity contribution in [3.05, 3.63) is 33.3 Å². The number of piperidine rings is 1. The molecule has 8 heteroatoms. The molecule has 0 bridgehead atoms. The lowest BCUT2D eigenvalue weighted by molar-refractivity contribution is 0.164. The van der Waals surface area contributed by atoms with Crippen molar-refractivity contribution >= 4 is 37.7 Å². The Hall–Kier alpha value is -0.180. The summed E-state index contributed by atoms with van der Waals surface area (Å²) in [6.07, 6.45) is 8.77. The van der Waals surface area contributed by atoms with Gasteiger partial charge in [0.15, 0.2) is 0 Å². The molecular formula is C20H31BrClN3O2S. The van der Waals surface area contributed by atoms with E-state index >= 15 is 0 Å². The third-order valence-electron chi connectivity index (χ3n) is 6.25. The van der Waals surface area contributed by atoms with Crippen molar-refractivity contribution in [2.75, 3.05) is 19.6 Å². The molecule has 1 aliphatic heterocycles. The maximum atomic E-state index is 11.1. The van der Waals surface area contributed by atoms with E-state index in [1.807, 2.05) is 12.1 Å². The van der Waals surface area contributed by atoms with Crippen molar-refractivity contribution in [3.63, 3.8) is 0 Å². The van der Waals surface area contributed by atoms with Crippen molar-refractivity contribution in [1.82, 2.24) is 9.62 Å². The van der Waals surface area contributed by atoms with E-state index in [9.17, 15) is 8.42 Å². The second-order valence-corrected chi connectivity index (χ2v) is 11.0. The number of halogens is 2. The molecule has 0 amide bonds. The summed E-state index contributed by atoms with van der Waals surface area (Å²) < 4.78 is 26.0. The average Bonchev–Trinajstić information content (AvgIpc) is 2.64. The van der Waals surface area contributed by atoms with Crippen LogP contribution in [0.15, 0.2) is 22.7 Å². The first-order valence-electron chi connectivity index (χ1n) is 10.2. The Morgan fingerprint density at radius 3 is 2.43 bits per heavy atom. The highest BCUT2D eigenvalue weighted by molar-refractivity contribution is 9.10. The fourth-order valence-corrected chi connectivity index (χ4v) is 5.89. The predicted octanol–water partition coefficient (Wildman–Crippen LogP) is 4.10. The zero-order valence-electron chi connectivity index (χ0n) is 16.2. The number of nitrogens with zero attached hydrogens (tertiary/aromatic N) is 1. The highest BCUT2D eigenvalue weighted by Gasteiger charge is 2.25. The molecule has 1 aliphatic carbocycles. The first-order valence-corrected chi connectivity index (χ1v) is 13.0. The van der Waals surface area contributed by atoms with Gasteiger partial charge < -0.3 is 4.90 Å².